The van der Waals surface area contributed by atoms with Crippen LogP contribution in [-0.4, -0.2) is 61.3 Å². The first-order valence-electron chi connectivity index (χ1n) is 14.0. The quantitative estimate of drug-likeness (QED) is 0.336. The Bertz CT molecular complexity index is 816. The molecule has 0 amide bonds. The molecule has 0 aliphatic carbocycles. The van der Waals surface area contributed by atoms with Gasteiger partial charge in [0.2, 0.25) is 0 Å². The number of fused-ring (bicyclic) bond motifs is 6. The highest BCUT2D eigenvalue weighted by atomic mass is 15.4. The number of hydrogen-bond acceptors (Lipinski definition) is 0. The molecular weight excluding hydrogens is 400 g/mol. The fourth-order valence-electron chi connectivity index (χ4n) is 8.43. The lowest BCUT2D eigenvalue weighted by atomic mass is 9.73. The third-order valence-corrected chi connectivity index (χ3v) is 10.4. The molecule has 33 heavy (non-hydrogen) atoms. The number of unbranched alkanes of at least 4 members (excludes halogenated alkanes) is 2. The Morgan fingerprint density at radius 1 is 0.515 bits per heavy atom. The van der Waals surface area contributed by atoms with E-state index in [0.717, 1.165) is 23.7 Å². The molecule has 0 saturated carbocycles. The monoisotopic (exact) mass is 444 g/mol. The van der Waals surface area contributed by atoms with Gasteiger partial charge in [-0.2, -0.15) is 0 Å². The van der Waals surface area contributed by atoms with Crippen molar-refractivity contribution in [1.82, 2.24) is 0 Å². The SMILES string of the molecule is c1ccc(C2C[N+]3(CCCCC[N+]45CCC(CC4)C(c4ccccc4)C5)CCC2CC3)cc1. The number of benzene rings is 2. The van der Waals surface area contributed by atoms with Crippen molar-refractivity contribution in [3.63, 3.8) is 0 Å². The molecule has 0 spiro atoms. The van der Waals surface area contributed by atoms with Gasteiger partial charge in [0.05, 0.1) is 52.4 Å². The van der Waals surface area contributed by atoms with Crippen molar-refractivity contribution in [2.45, 2.75) is 56.8 Å². The van der Waals surface area contributed by atoms with Crippen LogP contribution in [0.4, 0.5) is 0 Å². The fraction of sp³-hybridized carbons (Fsp3) is 0.613. The lowest BCUT2D eigenvalue weighted by Crippen LogP contribution is -2.61. The molecule has 0 aromatic heterocycles. The summed E-state index contributed by atoms with van der Waals surface area (Å²) in [6.07, 6.45) is 10.2. The third-order valence-electron chi connectivity index (χ3n) is 10.4. The summed E-state index contributed by atoms with van der Waals surface area (Å²) in [4.78, 5) is 0. The Balaban J connectivity index is 1.01. The van der Waals surface area contributed by atoms with Gasteiger partial charge in [0.15, 0.2) is 0 Å². The first-order chi connectivity index (χ1) is 16.2. The number of rotatable bonds is 8. The minimum absolute atomic E-state index is 0.816. The molecule has 2 nitrogen and oxygen atoms in total. The summed E-state index contributed by atoms with van der Waals surface area (Å²) in [5.74, 6) is 3.53. The van der Waals surface area contributed by atoms with Crippen LogP contribution in [0.5, 0.6) is 0 Å². The van der Waals surface area contributed by atoms with Gasteiger partial charge in [-0.3, -0.25) is 0 Å². The molecule has 2 aromatic rings. The highest BCUT2D eigenvalue weighted by molar-refractivity contribution is 5.22. The molecule has 6 fully saturated rings. The van der Waals surface area contributed by atoms with Crippen LogP contribution in [-0.2, 0) is 0 Å². The van der Waals surface area contributed by atoms with E-state index < -0.39 is 0 Å². The normalized spacial score (nSPS) is 37.3. The molecule has 4 bridgehead atoms. The van der Waals surface area contributed by atoms with Crippen LogP contribution in [0.15, 0.2) is 60.7 Å². The van der Waals surface area contributed by atoms with Gasteiger partial charge in [-0.15, -0.1) is 0 Å². The molecule has 2 unspecified atom stereocenters. The van der Waals surface area contributed by atoms with Crippen LogP contribution < -0.4 is 0 Å². The molecule has 6 saturated heterocycles. The van der Waals surface area contributed by atoms with Gasteiger partial charge in [0, 0.05) is 37.5 Å². The van der Waals surface area contributed by atoms with Crippen molar-refractivity contribution in [2.24, 2.45) is 11.8 Å². The number of nitrogens with zero attached hydrogens (tertiary/aromatic N) is 2. The summed E-state index contributed by atoms with van der Waals surface area (Å²) in [7, 11) is 0. The highest BCUT2D eigenvalue weighted by Crippen LogP contribution is 2.44. The predicted molar refractivity (Wildman–Crippen MR) is 137 cm³/mol. The zero-order chi connectivity index (χ0) is 22.1. The van der Waals surface area contributed by atoms with E-state index in [2.05, 4.69) is 60.7 Å². The minimum atomic E-state index is 0.816. The summed E-state index contributed by atoms with van der Waals surface area (Å²) in [5, 5.41) is 0. The molecule has 176 valence electrons. The molecule has 6 aliphatic heterocycles. The van der Waals surface area contributed by atoms with Crippen LogP contribution in [0, 0.1) is 11.8 Å². The molecule has 6 aliphatic rings. The summed E-state index contributed by atoms with van der Waals surface area (Å²) in [6.45, 7) is 11.5. The molecule has 0 N–H and O–H groups in total. The van der Waals surface area contributed by atoms with Crippen molar-refractivity contribution < 1.29 is 8.97 Å². The minimum Gasteiger partial charge on any atom is -0.323 e. The van der Waals surface area contributed by atoms with Crippen molar-refractivity contribution in [3.8, 4) is 0 Å². The zero-order valence-corrected chi connectivity index (χ0v) is 20.6. The second-order valence-electron chi connectivity index (χ2n) is 12.2. The number of hydrogen-bond donors (Lipinski definition) is 0. The van der Waals surface area contributed by atoms with Gasteiger partial charge in [-0.25, -0.2) is 0 Å². The van der Waals surface area contributed by atoms with E-state index in [4.69, 9.17) is 0 Å². The highest BCUT2D eigenvalue weighted by Gasteiger charge is 2.47. The zero-order valence-electron chi connectivity index (χ0n) is 20.6. The van der Waals surface area contributed by atoms with Crippen LogP contribution >= 0.6 is 0 Å². The molecule has 2 heteroatoms. The first kappa shape index (κ1) is 21.9. The van der Waals surface area contributed by atoms with Crippen molar-refractivity contribution in [3.05, 3.63) is 71.8 Å². The Morgan fingerprint density at radius 3 is 1.30 bits per heavy atom. The summed E-state index contributed by atoms with van der Waals surface area (Å²) in [5.41, 5.74) is 3.23. The molecular formula is C31H44N2+2. The second kappa shape index (κ2) is 9.19. The maximum absolute atomic E-state index is 2.39. The molecule has 2 atom stereocenters. The summed E-state index contributed by atoms with van der Waals surface area (Å²) in [6, 6.07) is 22.9. The predicted octanol–water partition coefficient (Wildman–Crippen LogP) is 6.21. The second-order valence-corrected chi connectivity index (χ2v) is 12.2. The lowest BCUT2D eigenvalue weighted by molar-refractivity contribution is -0.946. The van der Waals surface area contributed by atoms with Gasteiger partial charge in [-0.1, -0.05) is 60.7 Å². The smallest absolute Gasteiger partial charge is 0.0859 e. The van der Waals surface area contributed by atoms with Crippen LogP contribution in [0.1, 0.15) is 67.9 Å². The number of piperidine rings is 6. The molecule has 6 heterocycles. The average molecular weight is 445 g/mol. The van der Waals surface area contributed by atoms with Crippen molar-refractivity contribution >= 4 is 0 Å². The van der Waals surface area contributed by atoms with Gasteiger partial charge in [-0.05, 0) is 42.2 Å². The van der Waals surface area contributed by atoms with E-state index in [9.17, 15) is 0 Å². The lowest BCUT2D eigenvalue weighted by Gasteiger charge is -2.53. The van der Waals surface area contributed by atoms with Crippen LogP contribution in [0.2, 0.25) is 0 Å². The van der Waals surface area contributed by atoms with Crippen molar-refractivity contribution in [2.75, 3.05) is 52.4 Å². The first-order valence-corrected chi connectivity index (χ1v) is 14.0. The van der Waals surface area contributed by atoms with Gasteiger partial charge in [0.25, 0.3) is 0 Å². The molecule has 2 aromatic carbocycles. The van der Waals surface area contributed by atoms with Crippen LogP contribution in [0.3, 0.4) is 0 Å². The van der Waals surface area contributed by atoms with Gasteiger partial charge < -0.3 is 8.97 Å². The van der Waals surface area contributed by atoms with E-state index in [1.54, 1.807) is 11.1 Å². The Morgan fingerprint density at radius 2 is 0.909 bits per heavy atom. The average Bonchev–Trinajstić information content (AvgIpc) is 2.90. The summed E-state index contributed by atoms with van der Waals surface area (Å²) < 4.78 is 2.85. The standard InChI is InChI=1S/C31H44N2/c1-4-10-26(11-5-1)30-24-32(20-14-28(30)15-21-32)18-8-3-9-19-33-22-16-29(17-23-33)31(25-33)27-12-6-2-7-13-27/h1-2,4-7,10-13,28-31H,3,8-9,14-25H2/q+2. The van der Waals surface area contributed by atoms with E-state index in [0.29, 0.717) is 0 Å². The Labute approximate surface area is 201 Å². The molecule has 8 rings (SSSR count). The topological polar surface area (TPSA) is 0 Å². The Hall–Kier alpha value is -1.64. The largest absolute Gasteiger partial charge is 0.323 e. The Kier molecular flexibility index (Phi) is 6.09. The summed E-state index contributed by atoms with van der Waals surface area (Å²) >= 11 is 0. The van der Waals surface area contributed by atoms with E-state index in [1.165, 1.54) is 106 Å². The van der Waals surface area contributed by atoms with Crippen LogP contribution in [0.25, 0.3) is 0 Å². The van der Waals surface area contributed by atoms with Gasteiger partial charge in [0.1, 0.15) is 0 Å². The van der Waals surface area contributed by atoms with E-state index in [1.807, 2.05) is 0 Å². The fourth-order valence-corrected chi connectivity index (χ4v) is 8.43. The maximum atomic E-state index is 2.39. The van der Waals surface area contributed by atoms with Crippen molar-refractivity contribution in [1.29, 1.82) is 0 Å². The maximum Gasteiger partial charge on any atom is 0.0859 e. The number of quaternary nitrogens is 2. The third kappa shape index (κ3) is 4.42. The van der Waals surface area contributed by atoms with E-state index in [-0.39, 0.29) is 0 Å². The van der Waals surface area contributed by atoms with Gasteiger partial charge >= 0.3 is 0 Å². The van der Waals surface area contributed by atoms with E-state index >= 15 is 0 Å². The molecule has 0 radical (unpaired) electrons.